The van der Waals surface area contributed by atoms with E-state index >= 15 is 0 Å². The van der Waals surface area contributed by atoms with Gasteiger partial charge in [-0.1, -0.05) is 12.1 Å². The van der Waals surface area contributed by atoms with Crippen molar-refractivity contribution in [2.45, 2.75) is 26.3 Å². The summed E-state index contributed by atoms with van der Waals surface area (Å²) in [5.74, 6) is 0.994. The highest BCUT2D eigenvalue weighted by Gasteiger charge is 2.21. The van der Waals surface area contributed by atoms with Crippen molar-refractivity contribution in [1.29, 1.82) is 0 Å². The summed E-state index contributed by atoms with van der Waals surface area (Å²) in [7, 11) is 1.64. The van der Waals surface area contributed by atoms with Gasteiger partial charge in [-0.25, -0.2) is 14.2 Å². The van der Waals surface area contributed by atoms with E-state index in [0.717, 1.165) is 34.7 Å². The zero-order valence-electron chi connectivity index (χ0n) is 19.6. The number of methoxy groups -OCH3 is 1. The van der Waals surface area contributed by atoms with Crippen molar-refractivity contribution >= 4 is 12.2 Å². The van der Waals surface area contributed by atoms with Crippen LogP contribution in [0.3, 0.4) is 0 Å². The summed E-state index contributed by atoms with van der Waals surface area (Å²) in [5, 5.41) is 0. The second-order valence-corrected chi connectivity index (χ2v) is 8.35. The first-order valence-electron chi connectivity index (χ1n) is 11.5. The van der Waals surface area contributed by atoms with Crippen LogP contribution in [0.1, 0.15) is 29.1 Å². The van der Waals surface area contributed by atoms with Crippen molar-refractivity contribution in [3.63, 3.8) is 0 Å². The lowest BCUT2D eigenvalue weighted by molar-refractivity contribution is 0.188. The molecule has 0 atom stereocenters. The van der Waals surface area contributed by atoms with Crippen molar-refractivity contribution in [2.24, 2.45) is 0 Å². The fourth-order valence-electron chi connectivity index (χ4n) is 4.32. The third-order valence-corrected chi connectivity index (χ3v) is 5.96. The lowest BCUT2D eigenvalue weighted by Crippen LogP contribution is -2.22. The van der Waals surface area contributed by atoms with E-state index in [1.54, 1.807) is 30.3 Å². The fourth-order valence-corrected chi connectivity index (χ4v) is 4.32. The Kier molecular flexibility index (Phi) is 6.33. The number of nitrogens with zero attached hydrogens (tertiary/aromatic N) is 5. The van der Waals surface area contributed by atoms with E-state index in [-0.39, 0.29) is 5.82 Å². The van der Waals surface area contributed by atoms with E-state index in [4.69, 9.17) is 9.47 Å². The molecule has 0 amide bonds. The molecule has 0 radical (unpaired) electrons. The van der Waals surface area contributed by atoms with Crippen LogP contribution in [0.15, 0.2) is 53.7 Å². The van der Waals surface area contributed by atoms with Gasteiger partial charge in [-0.15, -0.1) is 0 Å². The van der Waals surface area contributed by atoms with E-state index in [1.165, 1.54) is 16.8 Å². The van der Waals surface area contributed by atoms with Gasteiger partial charge in [-0.05, 0) is 55.3 Å². The largest absolute Gasteiger partial charge is 0.491 e. The molecule has 1 aliphatic heterocycles. The van der Waals surface area contributed by atoms with Crippen molar-refractivity contribution in [1.82, 2.24) is 23.9 Å². The van der Waals surface area contributed by atoms with E-state index in [2.05, 4.69) is 9.97 Å². The van der Waals surface area contributed by atoms with Crippen LogP contribution in [-0.4, -0.2) is 44.2 Å². The van der Waals surface area contributed by atoms with Gasteiger partial charge in [-0.2, -0.15) is 9.67 Å². The molecule has 0 aliphatic carbocycles. The molecular weight excluding hydrogens is 449 g/mol. The van der Waals surface area contributed by atoms with Crippen LogP contribution in [0.2, 0.25) is 0 Å². The van der Waals surface area contributed by atoms with Gasteiger partial charge in [0.25, 0.3) is 0 Å². The monoisotopic (exact) mass is 475 g/mol. The average Bonchev–Trinajstić information content (AvgIpc) is 3.58. The van der Waals surface area contributed by atoms with Crippen LogP contribution >= 0.6 is 0 Å². The Hall–Kier alpha value is -3.98. The molecule has 0 fully saturated rings. The topological polar surface area (TPSA) is 76.1 Å². The number of fused-ring (bicyclic) bond motifs is 1. The summed E-state index contributed by atoms with van der Waals surface area (Å²) in [6.07, 6.45) is 9.03. The highest BCUT2D eigenvalue weighted by atomic mass is 19.1. The number of hydrogen-bond acceptors (Lipinski definition) is 5. The minimum atomic E-state index is -0.423. The molecule has 4 aromatic rings. The molecule has 3 heterocycles. The molecule has 2 aromatic carbocycles. The second-order valence-electron chi connectivity index (χ2n) is 8.35. The van der Waals surface area contributed by atoms with E-state index in [0.29, 0.717) is 37.7 Å². The Morgan fingerprint density at radius 2 is 2.00 bits per heavy atom. The second kappa shape index (κ2) is 9.71. The van der Waals surface area contributed by atoms with Crippen LogP contribution < -0.4 is 10.4 Å². The summed E-state index contributed by atoms with van der Waals surface area (Å²) in [4.78, 5) is 21.4. The molecule has 1 aliphatic rings. The lowest BCUT2D eigenvalue weighted by atomic mass is 10.0. The highest BCUT2D eigenvalue weighted by Crippen LogP contribution is 2.35. The molecule has 0 N–H and O–H groups in total. The normalized spacial score (nSPS) is 12.9. The number of ether oxygens (including phenoxy) is 2. The van der Waals surface area contributed by atoms with Crippen molar-refractivity contribution in [3.8, 4) is 17.1 Å². The third kappa shape index (κ3) is 4.54. The first kappa shape index (κ1) is 22.8. The minimum absolute atomic E-state index is 0.363. The molecule has 2 aromatic heterocycles. The van der Waals surface area contributed by atoms with Gasteiger partial charge in [0.05, 0.1) is 30.0 Å². The maximum Gasteiger partial charge on any atom is 0.369 e. The number of aromatic nitrogens is 5. The molecule has 0 bridgehead atoms. The minimum Gasteiger partial charge on any atom is -0.491 e. The van der Waals surface area contributed by atoms with Gasteiger partial charge >= 0.3 is 5.69 Å². The Morgan fingerprint density at radius 1 is 1.17 bits per heavy atom. The smallest absolute Gasteiger partial charge is 0.369 e. The van der Waals surface area contributed by atoms with E-state index < -0.39 is 5.69 Å². The Labute approximate surface area is 201 Å². The summed E-state index contributed by atoms with van der Waals surface area (Å²) in [6, 6.07) is 9.85. The fraction of sp³-hybridized carbons (Fsp3) is 0.269. The average molecular weight is 476 g/mol. The SMILES string of the molecule is COCCCn1c(/C=C/c2ccc(-n3cnc(C)c3)c3c2CCO3)nc(=O)n1-c1ccc(F)cc1. The molecule has 180 valence electrons. The summed E-state index contributed by atoms with van der Waals surface area (Å²) in [6.45, 7) is 3.62. The van der Waals surface area contributed by atoms with Crippen LogP contribution in [0.25, 0.3) is 23.5 Å². The van der Waals surface area contributed by atoms with Crippen LogP contribution in [0, 0.1) is 12.7 Å². The quantitative estimate of drug-likeness (QED) is 0.362. The summed E-state index contributed by atoms with van der Waals surface area (Å²) < 4.78 is 29.8. The van der Waals surface area contributed by atoms with Gasteiger partial charge in [-0.3, -0.25) is 4.68 Å². The molecule has 0 saturated heterocycles. The number of aryl methyl sites for hydroxylation is 1. The molecule has 0 unspecified atom stereocenters. The predicted octanol–water partition coefficient (Wildman–Crippen LogP) is 3.81. The standard InChI is InChI=1S/C26H26FN5O3/c1-18-16-30(17-28-18)23-10-4-19(22-12-15-35-25(22)23)5-11-24-29-26(33)32(31(24)13-3-14-34-2)21-8-6-20(27)7-9-21/h4-11,16-17H,3,12-15H2,1-2H3/b11-5+. The number of halogens is 1. The molecule has 9 heteroatoms. The molecule has 35 heavy (non-hydrogen) atoms. The zero-order valence-corrected chi connectivity index (χ0v) is 19.6. The van der Waals surface area contributed by atoms with Gasteiger partial charge < -0.3 is 14.0 Å². The maximum absolute atomic E-state index is 13.5. The summed E-state index contributed by atoms with van der Waals surface area (Å²) >= 11 is 0. The van der Waals surface area contributed by atoms with Gasteiger partial charge in [0.1, 0.15) is 11.6 Å². The zero-order chi connectivity index (χ0) is 24.4. The number of imidazole rings is 1. The predicted molar refractivity (Wildman–Crippen MR) is 131 cm³/mol. The van der Waals surface area contributed by atoms with Gasteiger partial charge in [0.15, 0.2) is 5.82 Å². The van der Waals surface area contributed by atoms with Crippen molar-refractivity contribution in [2.75, 3.05) is 20.3 Å². The summed E-state index contributed by atoms with van der Waals surface area (Å²) in [5.41, 5.74) is 4.13. The third-order valence-electron chi connectivity index (χ3n) is 5.96. The molecule has 0 saturated carbocycles. The van der Waals surface area contributed by atoms with E-state index in [1.807, 2.05) is 42.0 Å². The number of hydrogen-bond donors (Lipinski definition) is 0. The Morgan fingerprint density at radius 3 is 2.74 bits per heavy atom. The van der Waals surface area contributed by atoms with Gasteiger partial charge in [0.2, 0.25) is 0 Å². The molecule has 0 spiro atoms. The number of rotatable bonds is 8. The molecule has 8 nitrogen and oxygen atoms in total. The first-order chi connectivity index (χ1) is 17.0. The van der Waals surface area contributed by atoms with Crippen molar-refractivity contribution < 1.29 is 13.9 Å². The van der Waals surface area contributed by atoms with Crippen LogP contribution in [-0.2, 0) is 17.7 Å². The van der Waals surface area contributed by atoms with E-state index in [9.17, 15) is 9.18 Å². The number of benzene rings is 2. The van der Waals surface area contributed by atoms with Crippen molar-refractivity contribution in [3.05, 3.63) is 87.9 Å². The molecular formula is C26H26FN5O3. The first-order valence-corrected chi connectivity index (χ1v) is 11.5. The van der Waals surface area contributed by atoms with Crippen LogP contribution in [0.4, 0.5) is 4.39 Å². The van der Waals surface area contributed by atoms with Gasteiger partial charge in [0, 0.05) is 38.4 Å². The molecule has 5 rings (SSSR count). The Balaban J connectivity index is 1.52. The maximum atomic E-state index is 13.5. The highest BCUT2D eigenvalue weighted by molar-refractivity contribution is 5.73. The van der Waals surface area contributed by atoms with Crippen LogP contribution in [0.5, 0.6) is 5.75 Å². The Bertz CT molecular complexity index is 1430. The lowest BCUT2D eigenvalue weighted by Gasteiger charge is -2.12.